The lowest BCUT2D eigenvalue weighted by atomic mass is 10.1. The Morgan fingerprint density at radius 3 is 2.50 bits per heavy atom. The van der Waals surface area contributed by atoms with Crippen molar-refractivity contribution in [1.82, 2.24) is 5.32 Å². The Bertz CT molecular complexity index is 502. The van der Waals surface area contributed by atoms with Gasteiger partial charge >= 0.3 is 12.0 Å². The number of carbonyl (C=O) groups is 3. The zero-order chi connectivity index (χ0) is 15.0. The zero-order valence-corrected chi connectivity index (χ0v) is 10.9. The normalized spacial score (nSPS) is 9.80. The number of anilines is 1. The number of para-hydroxylation sites is 1. The number of aryl methyl sites for hydroxylation is 1. The van der Waals surface area contributed by atoms with E-state index in [1.54, 1.807) is 24.3 Å². The van der Waals surface area contributed by atoms with Crippen molar-refractivity contribution in [3.05, 3.63) is 29.8 Å². The number of carbonyl (C=O) groups excluding carboxylic acids is 2. The molecule has 0 aromatic heterocycles. The Kier molecular flexibility index (Phi) is 6.02. The van der Waals surface area contributed by atoms with Crippen molar-refractivity contribution in [2.45, 2.75) is 19.3 Å². The lowest BCUT2D eigenvalue weighted by Gasteiger charge is -2.11. The predicted molar refractivity (Wildman–Crippen MR) is 73.2 cm³/mol. The van der Waals surface area contributed by atoms with E-state index in [1.165, 1.54) is 0 Å². The van der Waals surface area contributed by atoms with Crippen LogP contribution in [0.1, 0.15) is 18.4 Å². The molecule has 0 atom stereocenters. The van der Waals surface area contributed by atoms with Gasteiger partial charge < -0.3 is 21.5 Å². The largest absolute Gasteiger partial charge is 0.481 e. The van der Waals surface area contributed by atoms with Crippen molar-refractivity contribution in [2.75, 3.05) is 11.9 Å². The molecule has 0 spiro atoms. The van der Waals surface area contributed by atoms with Crippen LogP contribution in [0.25, 0.3) is 0 Å². The molecule has 20 heavy (non-hydrogen) atoms. The molecule has 0 heterocycles. The van der Waals surface area contributed by atoms with E-state index in [4.69, 9.17) is 10.8 Å². The Balaban J connectivity index is 2.55. The van der Waals surface area contributed by atoms with E-state index >= 15 is 0 Å². The summed E-state index contributed by atoms with van der Waals surface area (Å²) in [5, 5.41) is 13.8. The van der Waals surface area contributed by atoms with Gasteiger partial charge in [0.05, 0.1) is 0 Å². The van der Waals surface area contributed by atoms with E-state index in [9.17, 15) is 14.4 Å². The van der Waals surface area contributed by atoms with Crippen LogP contribution in [0.2, 0.25) is 0 Å². The maximum Gasteiger partial charge on any atom is 0.319 e. The van der Waals surface area contributed by atoms with Crippen LogP contribution < -0.4 is 16.4 Å². The molecule has 0 fully saturated rings. The first kappa shape index (κ1) is 15.5. The second-order valence-electron chi connectivity index (χ2n) is 4.15. The smallest absolute Gasteiger partial charge is 0.319 e. The van der Waals surface area contributed by atoms with Gasteiger partial charge in [-0.25, -0.2) is 4.79 Å². The van der Waals surface area contributed by atoms with Crippen molar-refractivity contribution in [3.8, 4) is 0 Å². The van der Waals surface area contributed by atoms with Crippen LogP contribution in [0.3, 0.4) is 0 Å². The molecule has 0 aliphatic rings. The average molecular weight is 279 g/mol. The minimum absolute atomic E-state index is 0.0119. The lowest BCUT2D eigenvalue weighted by molar-refractivity contribution is -0.137. The van der Waals surface area contributed by atoms with Crippen LogP contribution in [-0.2, 0) is 16.0 Å². The lowest BCUT2D eigenvalue weighted by Crippen LogP contribution is -2.32. The number of amides is 3. The van der Waals surface area contributed by atoms with Crippen LogP contribution in [-0.4, -0.2) is 29.6 Å². The molecule has 0 bridgehead atoms. The zero-order valence-electron chi connectivity index (χ0n) is 10.9. The molecule has 5 N–H and O–H groups in total. The number of nitrogens with one attached hydrogen (secondary N) is 2. The van der Waals surface area contributed by atoms with Gasteiger partial charge in [0.15, 0.2) is 0 Å². The Hall–Kier alpha value is -2.57. The van der Waals surface area contributed by atoms with E-state index in [0.717, 1.165) is 5.56 Å². The van der Waals surface area contributed by atoms with Crippen LogP contribution in [0, 0.1) is 0 Å². The summed E-state index contributed by atoms with van der Waals surface area (Å²) >= 11 is 0. The van der Waals surface area contributed by atoms with Gasteiger partial charge in [-0.2, -0.15) is 0 Å². The minimum atomic E-state index is -0.897. The number of benzene rings is 1. The number of aliphatic carboxylic acids is 1. The maximum absolute atomic E-state index is 11.6. The molecule has 0 saturated heterocycles. The summed E-state index contributed by atoms with van der Waals surface area (Å²) in [6.07, 6.45) is 0.378. The van der Waals surface area contributed by atoms with Gasteiger partial charge in [-0.05, 0) is 18.1 Å². The predicted octanol–water partition coefficient (Wildman–Crippen LogP) is 0.701. The average Bonchev–Trinajstić information content (AvgIpc) is 2.37. The molecule has 0 aliphatic heterocycles. The number of carboxylic acid groups (broad SMARTS) is 1. The van der Waals surface area contributed by atoms with Gasteiger partial charge in [-0.3, -0.25) is 9.59 Å². The number of hydrogen-bond donors (Lipinski definition) is 4. The highest BCUT2D eigenvalue weighted by Gasteiger charge is 2.07. The quantitative estimate of drug-likeness (QED) is 0.587. The standard InChI is InChI=1S/C13H17N3O4/c14-11(17)7-8-15-13(20)16-10-4-2-1-3-9(10)5-6-12(18)19/h1-4H,5-8H2,(H2,14,17)(H,18,19)(H2,15,16,20). The van der Waals surface area contributed by atoms with E-state index in [0.29, 0.717) is 12.1 Å². The van der Waals surface area contributed by atoms with Crippen molar-refractivity contribution >= 4 is 23.6 Å². The van der Waals surface area contributed by atoms with Gasteiger partial charge in [0, 0.05) is 25.1 Å². The van der Waals surface area contributed by atoms with E-state index < -0.39 is 17.9 Å². The monoisotopic (exact) mass is 279 g/mol. The molecule has 1 rings (SSSR count). The first-order valence-corrected chi connectivity index (χ1v) is 6.12. The summed E-state index contributed by atoms with van der Waals surface area (Å²) in [6, 6.07) is 6.48. The van der Waals surface area contributed by atoms with Crippen LogP contribution >= 0.6 is 0 Å². The fourth-order valence-corrected chi connectivity index (χ4v) is 1.57. The van der Waals surface area contributed by atoms with E-state index in [-0.39, 0.29) is 19.4 Å². The van der Waals surface area contributed by atoms with Crippen LogP contribution in [0.4, 0.5) is 10.5 Å². The third kappa shape index (κ3) is 5.85. The second kappa shape index (κ2) is 7.78. The summed E-state index contributed by atoms with van der Waals surface area (Å²) in [7, 11) is 0. The molecule has 0 radical (unpaired) electrons. The first-order chi connectivity index (χ1) is 9.49. The number of nitrogens with two attached hydrogens (primary N) is 1. The summed E-state index contributed by atoms with van der Waals surface area (Å²) in [5.74, 6) is -1.39. The van der Waals surface area contributed by atoms with Crippen LogP contribution in [0.15, 0.2) is 24.3 Å². The molecule has 0 aliphatic carbocycles. The van der Waals surface area contributed by atoms with Crippen molar-refractivity contribution in [3.63, 3.8) is 0 Å². The molecular weight excluding hydrogens is 262 g/mol. The summed E-state index contributed by atoms with van der Waals surface area (Å²) in [4.78, 5) is 32.7. The van der Waals surface area contributed by atoms with Gasteiger partial charge in [-0.1, -0.05) is 18.2 Å². The molecule has 1 aromatic carbocycles. The third-order valence-corrected chi connectivity index (χ3v) is 2.53. The summed E-state index contributed by atoms with van der Waals surface area (Å²) in [5.41, 5.74) is 6.24. The maximum atomic E-state index is 11.6. The SMILES string of the molecule is NC(=O)CCNC(=O)Nc1ccccc1CCC(=O)O. The fraction of sp³-hybridized carbons (Fsp3) is 0.308. The highest BCUT2D eigenvalue weighted by molar-refractivity contribution is 5.90. The molecule has 108 valence electrons. The molecular formula is C13H17N3O4. The number of hydrogen-bond acceptors (Lipinski definition) is 3. The van der Waals surface area contributed by atoms with Crippen molar-refractivity contribution < 1.29 is 19.5 Å². The van der Waals surface area contributed by atoms with Crippen LogP contribution in [0.5, 0.6) is 0 Å². The second-order valence-corrected chi connectivity index (χ2v) is 4.15. The topological polar surface area (TPSA) is 122 Å². The Morgan fingerprint density at radius 2 is 1.85 bits per heavy atom. The molecule has 7 heteroatoms. The number of carboxylic acids is 1. The van der Waals surface area contributed by atoms with E-state index in [2.05, 4.69) is 10.6 Å². The number of urea groups is 1. The Labute approximate surface area is 116 Å². The number of rotatable bonds is 7. The summed E-state index contributed by atoms with van der Waals surface area (Å²) < 4.78 is 0. The highest BCUT2D eigenvalue weighted by Crippen LogP contribution is 2.16. The molecule has 1 aromatic rings. The molecule has 3 amide bonds. The fourth-order valence-electron chi connectivity index (χ4n) is 1.57. The molecule has 7 nitrogen and oxygen atoms in total. The molecule has 0 saturated carbocycles. The summed E-state index contributed by atoms with van der Waals surface area (Å²) in [6.45, 7) is 0.151. The van der Waals surface area contributed by atoms with Gasteiger partial charge in [-0.15, -0.1) is 0 Å². The minimum Gasteiger partial charge on any atom is -0.481 e. The number of primary amides is 1. The molecule has 0 unspecified atom stereocenters. The van der Waals surface area contributed by atoms with Gasteiger partial charge in [0.25, 0.3) is 0 Å². The first-order valence-electron chi connectivity index (χ1n) is 6.12. The third-order valence-electron chi connectivity index (χ3n) is 2.53. The highest BCUT2D eigenvalue weighted by atomic mass is 16.4. The van der Waals surface area contributed by atoms with Gasteiger partial charge in [0.2, 0.25) is 5.91 Å². The van der Waals surface area contributed by atoms with Crippen molar-refractivity contribution in [2.24, 2.45) is 5.73 Å². The van der Waals surface area contributed by atoms with Crippen molar-refractivity contribution in [1.29, 1.82) is 0 Å². The van der Waals surface area contributed by atoms with Gasteiger partial charge in [0.1, 0.15) is 0 Å². The van der Waals surface area contributed by atoms with E-state index in [1.807, 2.05) is 0 Å². The Morgan fingerprint density at radius 1 is 1.15 bits per heavy atom.